The minimum atomic E-state index is -1.46. The lowest BCUT2D eigenvalue weighted by Gasteiger charge is -2.24. The van der Waals surface area contributed by atoms with Crippen LogP contribution in [0.2, 0.25) is 0 Å². The minimum absolute atomic E-state index is 0.0837. The first-order chi connectivity index (χ1) is 12.6. The average molecular weight is 385 g/mol. The fourth-order valence-corrected chi connectivity index (χ4v) is 2.15. The molecule has 1 heterocycles. The Hall–Kier alpha value is -2.99. The van der Waals surface area contributed by atoms with E-state index in [2.05, 4.69) is 20.6 Å². The van der Waals surface area contributed by atoms with E-state index in [1.54, 1.807) is 0 Å². The Labute approximate surface area is 154 Å². The van der Waals surface area contributed by atoms with E-state index in [0.29, 0.717) is 5.69 Å². The van der Waals surface area contributed by atoms with Crippen molar-refractivity contribution in [1.82, 2.24) is 20.6 Å². The number of carbonyl (C=O) groups is 4. The van der Waals surface area contributed by atoms with Crippen molar-refractivity contribution in [2.45, 2.75) is 50.4 Å². The summed E-state index contributed by atoms with van der Waals surface area (Å²) in [5.74, 6) is -4.20. The van der Waals surface area contributed by atoms with E-state index in [1.807, 2.05) is 0 Å². The molecule has 0 bridgehead atoms. The standard InChI is InChI=1S/C15H23N5O7/c1-7(21)12(20-13(24)9(16)2-3-11(22)23)14(25)19-10(15(26)27)4-8-5-17-6-18-8/h5-7,9-10,12,21H,2-4,16H2,1H3,(H,17,18)(H,19,25)(H,20,24)(H,22,23)(H,26,27). The summed E-state index contributed by atoms with van der Waals surface area (Å²) in [6.07, 6.45) is 0.824. The van der Waals surface area contributed by atoms with Crippen molar-refractivity contribution in [1.29, 1.82) is 0 Å². The number of aromatic amines is 1. The third kappa shape index (κ3) is 7.42. The summed E-state index contributed by atoms with van der Waals surface area (Å²) in [5, 5.41) is 32.1. The molecule has 4 atom stereocenters. The number of nitrogens with two attached hydrogens (primary N) is 1. The highest BCUT2D eigenvalue weighted by Crippen LogP contribution is 2.03. The number of aliphatic carboxylic acids is 2. The van der Waals surface area contributed by atoms with Crippen LogP contribution in [-0.4, -0.2) is 73.3 Å². The van der Waals surface area contributed by atoms with Gasteiger partial charge < -0.3 is 36.7 Å². The zero-order chi connectivity index (χ0) is 20.6. The van der Waals surface area contributed by atoms with Gasteiger partial charge in [0.1, 0.15) is 12.1 Å². The molecule has 2 amide bonds. The molecule has 8 N–H and O–H groups in total. The fourth-order valence-electron chi connectivity index (χ4n) is 2.15. The number of H-pyrrole nitrogens is 1. The number of hydrogen-bond donors (Lipinski definition) is 7. The van der Waals surface area contributed by atoms with Crippen molar-refractivity contribution in [2.24, 2.45) is 5.73 Å². The monoisotopic (exact) mass is 385 g/mol. The molecule has 0 radical (unpaired) electrons. The highest BCUT2D eigenvalue weighted by atomic mass is 16.4. The Morgan fingerprint density at radius 1 is 1.22 bits per heavy atom. The Morgan fingerprint density at radius 2 is 1.89 bits per heavy atom. The number of aliphatic hydroxyl groups is 1. The summed E-state index contributed by atoms with van der Waals surface area (Å²) in [6, 6.07) is -3.98. The molecule has 12 nitrogen and oxygen atoms in total. The van der Waals surface area contributed by atoms with Crippen LogP contribution in [0, 0.1) is 0 Å². The Balaban J connectivity index is 2.74. The van der Waals surface area contributed by atoms with E-state index in [4.69, 9.17) is 10.8 Å². The number of rotatable bonds is 11. The number of carbonyl (C=O) groups excluding carboxylic acids is 2. The van der Waals surface area contributed by atoms with Gasteiger partial charge in [-0.2, -0.15) is 0 Å². The van der Waals surface area contributed by atoms with E-state index in [9.17, 15) is 29.4 Å². The molecule has 1 aromatic heterocycles. The molecule has 0 saturated heterocycles. The Kier molecular flexibility index (Phi) is 8.35. The van der Waals surface area contributed by atoms with Crippen LogP contribution < -0.4 is 16.4 Å². The Bertz CT molecular complexity index is 662. The van der Waals surface area contributed by atoms with Crippen LogP contribution >= 0.6 is 0 Å². The van der Waals surface area contributed by atoms with Gasteiger partial charge in [0.15, 0.2) is 0 Å². The highest BCUT2D eigenvalue weighted by Gasteiger charge is 2.31. The quantitative estimate of drug-likeness (QED) is 0.216. The summed E-state index contributed by atoms with van der Waals surface area (Å²) in [5.41, 5.74) is 6.03. The Morgan fingerprint density at radius 3 is 2.37 bits per heavy atom. The molecule has 0 aliphatic carbocycles. The summed E-state index contributed by atoms with van der Waals surface area (Å²) >= 11 is 0. The van der Waals surface area contributed by atoms with Gasteiger partial charge in [-0.3, -0.25) is 14.4 Å². The maximum Gasteiger partial charge on any atom is 0.326 e. The van der Waals surface area contributed by atoms with E-state index in [0.717, 1.165) is 0 Å². The second-order valence-electron chi connectivity index (χ2n) is 5.95. The molecular formula is C15H23N5O7. The number of nitrogens with one attached hydrogen (secondary N) is 3. The van der Waals surface area contributed by atoms with E-state index < -0.39 is 48.0 Å². The maximum atomic E-state index is 12.3. The average Bonchev–Trinajstić information content (AvgIpc) is 3.09. The topological polar surface area (TPSA) is 208 Å². The number of hydrogen-bond acceptors (Lipinski definition) is 7. The van der Waals surface area contributed by atoms with Crippen molar-refractivity contribution >= 4 is 23.8 Å². The number of nitrogens with zero attached hydrogens (tertiary/aromatic N) is 1. The number of aliphatic hydroxyl groups excluding tert-OH is 1. The maximum absolute atomic E-state index is 12.3. The zero-order valence-electron chi connectivity index (χ0n) is 14.6. The van der Waals surface area contributed by atoms with Crippen LogP contribution in [0.1, 0.15) is 25.5 Å². The lowest BCUT2D eigenvalue weighted by Crippen LogP contribution is -2.58. The summed E-state index contributed by atoms with van der Waals surface area (Å²) in [4.78, 5) is 52.7. The molecule has 1 rings (SSSR count). The molecule has 4 unspecified atom stereocenters. The molecule has 0 aromatic carbocycles. The van der Waals surface area contributed by atoms with E-state index >= 15 is 0 Å². The summed E-state index contributed by atoms with van der Waals surface area (Å²) in [6.45, 7) is 1.23. The number of imidazole rings is 1. The molecule has 1 aromatic rings. The molecule has 0 aliphatic rings. The predicted octanol–water partition coefficient (Wildman–Crippen LogP) is -2.42. The van der Waals surface area contributed by atoms with Gasteiger partial charge in [-0.25, -0.2) is 9.78 Å². The van der Waals surface area contributed by atoms with Crippen LogP contribution in [-0.2, 0) is 25.6 Å². The first-order valence-corrected chi connectivity index (χ1v) is 8.08. The smallest absolute Gasteiger partial charge is 0.326 e. The van der Waals surface area contributed by atoms with Gasteiger partial charge in [-0.05, 0) is 13.3 Å². The van der Waals surface area contributed by atoms with Gasteiger partial charge in [0.05, 0.1) is 18.5 Å². The van der Waals surface area contributed by atoms with Gasteiger partial charge >= 0.3 is 11.9 Å². The summed E-state index contributed by atoms with van der Waals surface area (Å²) in [7, 11) is 0. The predicted molar refractivity (Wildman–Crippen MR) is 90.3 cm³/mol. The van der Waals surface area contributed by atoms with Gasteiger partial charge in [0.25, 0.3) is 0 Å². The van der Waals surface area contributed by atoms with Crippen molar-refractivity contribution in [3.63, 3.8) is 0 Å². The summed E-state index contributed by atoms with van der Waals surface area (Å²) < 4.78 is 0. The van der Waals surface area contributed by atoms with Crippen molar-refractivity contribution in [3.05, 3.63) is 18.2 Å². The third-order valence-electron chi connectivity index (χ3n) is 3.66. The lowest BCUT2D eigenvalue weighted by atomic mass is 10.1. The van der Waals surface area contributed by atoms with Crippen LogP contribution in [0.4, 0.5) is 0 Å². The molecule has 0 fully saturated rings. The third-order valence-corrected chi connectivity index (χ3v) is 3.66. The highest BCUT2D eigenvalue weighted by molar-refractivity contribution is 5.92. The van der Waals surface area contributed by atoms with E-state index in [1.165, 1.54) is 19.4 Å². The molecule has 150 valence electrons. The second-order valence-corrected chi connectivity index (χ2v) is 5.95. The molecule has 0 spiro atoms. The van der Waals surface area contributed by atoms with Crippen LogP contribution in [0.3, 0.4) is 0 Å². The minimum Gasteiger partial charge on any atom is -0.481 e. The molecular weight excluding hydrogens is 362 g/mol. The molecule has 0 saturated carbocycles. The van der Waals surface area contributed by atoms with Crippen LogP contribution in [0.5, 0.6) is 0 Å². The van der Waals surface area contributed by atoms with Crippen LogP contribution in [0.25, 0.3) is 0 Å². The van der Waals surface area contributed by atoms with Crippen LogP contribution in [0.15, 0.2) is 12.5 Å². The first-order valence-electron chi connectivity index (χ1n) is 8.08. The number of carboxylic acid groups (broad SMARTS) is 2. The van der Waals surface area contributed by atoms with Crippen molar-refractivity contribution < 1.29 is 34.5 Å². The van der Waals surface area contributed by atoms with Crippen molar-refractivity contribution in [2.75, 3.05) is 0 Å². The number of amides is 2. The van der Waals surface area contributed by atoms with Gasteiger partial charge in [-0.15, -0.1) is 0 Å². The van der Waals surface area contributed by atoms with Gasteiger partial charge in [-0.1, -0.05) is 0 Å². The SMILES string of the molecule is CC(O)C(NC(=O)C(N)CCC(=O)O)C(=O)NC(Cc1cnc[nH]1)C(=O)O. The second kappa shape index (κ2) is 10.2. The normalized spacial score (nSPS) is 15.2. The molecule has 0 aliphatic heterocycles. The molecule has 12 heteroatoms. The molecule has 27 heavy (non-hydrogen) atoms. The number of carboxylic acids is 2. The van der Waals surface area contributed by atoms with E-state index in [-0.39, 0.29) is 19.3 Å². The largest absolute Gasteiger partial charge is 0.481 e. The van der Waals surface area contributed by atoms with Gasteiger partial charge in [0, 0.05) is 24.7 Å². The van der Waals surface area contributed by atoms with Gasteiger partial charge in [0.2, 0.25) is 11.8 Å². The lowest BCUT2D eigenvalue weighted by molar-refractivity contribution is -0.142. The van der Waals surface area contributed by atoms with Crippen molar-refractivity contribution in [3.8, 4) is 0 Å². The first kappa shape index (κ1) is 22.1. The zero-order valence-corrected chi connectivity index (χ0v) is 14.6. The fraction of sp³-hybridized carbons (Fsp3) is 0.533. The number of aromatic nitrogens is 2.